The number of rotatable bonds is 12. The van der Waals surface area contributed by atoms with E-state index in [-0.39, 0.29) is 105 Å². The van der Waals surface area contributed by atoms with Crippen LogP contribution in [0.1, 0.15) is 142 Å². The van der Waals surface area contributed by atoms with Crippen molar-refractivity contribution in [1.82, 2.24) is 50.2 Å². The van der Waals surface area contributed by atoms with Crippen LogP contribution >= 0.6 is 0 Å². The van der Waals surface area contributed by atoms with Gasteiger partial charge < -0.3 is 55.0 Å². The summed E-state index contributed by atoms with van der Waals surface area (Å²) in [5.74, 6) is -8.32. The maximum atomic E-state index is 15.2. The highest BCUT2D eigenvalue weighted by molar-refractivity contribution is 5.99. The van der Waals surface area contributed by atoms with E-state index in [1.165, 1.54) is 71.4 Å². The average Bonchev–Trinajstić information content (AvgIpc) is 4.07. The molecular weight excluding hydrogens is 1030 g/mol. The Labute approximate surface area is 475 Å². The van der Waals surface area contributed by atoms with E-state index in [9.17, 15) is 38.4 Å². The van der Waals surface area contributed by atoms with Crippen molar-refractivity contribution in [2.45, 2.75) is 203 Å². The van der Waals surface area contributed by atoms with Gasteiger partial charge in [-0.15, -0.1) is 0 Å². The number of hydrogen-bond donors (Lipinski definition) is 3. The summed E-state index contributed by atoms with van der Waals surface area (Å²) in [6.07, 6.45) is -0.251. The van der Waals surface area contributed by atoms with Crippen LogP contribution in [0, 0.1) is 47.3 Å². The molecule has 4 aliphatic heterocycles. The van der Waals surface area contributed by atoms with Crippen LogP contribution < -0.4 is 16.0 Å². The molecule has 452 valence electrons. The second kappa shape index (κ2) is 28.2. The molecular formula is C58H98N10O12. The maximum Gasteiger partial charge on any atom is 0.325 e. The molecule has 4 aliphatic rings. The van der Waals surface area contributed by atoms with Crippen molar-refractivity contribution >= 4 is 65.0 Å². The highest BCUT2D eigenvalue weighted by atomic mass is 16.5. The number of esters is 1. The number of fused-ring (bicyclic) bond motifs is 2. The van der Waals surface area contributed by atoms with Gasteiger partial charge in [0, 0.05) is 54.7 Å². The van der Waals surface area contributed by atoms with Crippen molar-refractivity contribution in [3.63, 3.8) is 0 Å². The van der Waals surface area contributed by atoms with Gasteiger partial charge in [-0.25, -0.2) is 0 Å². The molecule has 0 saturated carbocycles. The molecule has 0 aromatic rings. The minimum absolute atomic E-state index is 0.0894. The van der Waals surface area contributed by atoms with Crippen LogP contribution in [0.4, 0.5) is 0 Å². The van der Waals surface area contributed by atoms with Crippen molar-refractivity contribution in [3.8, 4) is 0 Å². The number of carbonyl (C=O) groups excluding carboxylic acids is 11. The molecule has 4 fully saturated rings. The van der Waals surface area contributed by atoms with Crippen molar-refractivity contribution in [2.75, 3.05) is 54.4 Å². The minimum Gasteiger partial charge on any atom is -0.459 e. The summed E-state index contributed by atoms with van der Waals surface area (Å²) < 4.78 is 5.92. The van der Waals surface area contributed by atoms with Gasteiger partial charge in [0.2, 0.25) is 59.1 Å². The fraction of sp³-hybridized carbons (Fsp3) is 0.810. The maximum absolute atomic E-state index is 15.2. The largest absolute Gasteiger partial charge is 0.459 e. The van der Waals surface area contributed by atoms with Crippen LogP contribution in [0.5, 0.6) is 0 Å². The Hall–Kier alpha value is -5.83. The zero-order valence-electron chi connectivity index (χ0n) is 51.5. The third-order valence-corrected chi connectivity index (χ3v) is 16.4. The molecule has 2 unspecified atom stereocenters. The summed E-state index contributed by atoms with van der Waals surface area (Å²) >= 11 is 0. The van der Waals surface area contributed by atoms with Crippen LogP contribution in [-0.2, 0) is 57.5 Å². The van der Waals surface area contributed by atoms with Crippen LogP contribution in [-0.4, -0.2) is 214 Å². The molecule has 22 heteroatoms. The Morgan fingerprint density at radius 2 is 1.11 bits per heavy atom. The van der Waals surface area contributed by atoms with Crippen molar-refractivity contribution in [3.05, 3.63) is 0 Å². The SMILES string of the molecule is CC(=O)N(C)[C@H](C(=O)N1C[C@H](C)C[C@H]1C(=O)N(C)C1C(=O)N[C@@H](CC(C)C)C(=O)N2C[C@H](C)C[C@H]2C(=O)NC(CC(C)C)C(=O)N(C)[C@@H](C(C)C)C(=O)N2C[C@H](C)C[C@H]2C(=O)N(C)[C@H](CC(C)C)C(=O)NCC(=O)O[C@@H]1C)C(C)C. The normalized spacial score (nSPS) is 29.9. The molecule has 13 atom stereocenters. The summed E-state index contributed by atoms with van der Waals surface area (Å²) in [4.78, 5) is 169. The summed E-state index contributed by atoms with van der Waals surface area (Å²) in [6.45, 7) is 26.7. The predicted octanol–water partition coefficient (Wildman–Crippen LogP) is 2.51. The Morgan fingerprint density at radius 1 is 0.613 bits per heavy atom. The number of likely N-dealkylation sites (tertiary alicyclic amines) is 1. The van der Waals surface area contributed by atoms with E-state index in [4.69, 9.17) is 4.74 Å². The lowest BCUT2D eigenvalue weighted by molar-refractivity contribution is -0.160. The summed E-state index contributed by atoms with van der Waals surface area (Å²) in [7, 11) is 5.87. The van der Waals surface area contributed by atoms with Gasteiger partial charge in [-0.05, 0) is 92.8 Å². The molecule has 22 nitrogen and oxygen atoms in total. The van der Waals surface area contributed by atoms with E-state index < -0.39 is 132 Å². The molecule has 0 aliphatic carbocycles. The van der Waals surface area contributed by atoms with Gasteiger partial charge >= 0.3 is 5.97 Å². The number of cyclic esters (lactones) is 1. The fourth-order valence-corrected chi connectivity index (χ4v) is 12.4. The number of nitrogens with one attached hydrogen (secondary N) is 3. The first kappa shape index (κ1) is 66.7. The number of hydrogen-bond acceptors (Lipinski definition) is 12. The molecule has 0 bridgehead atoms. The number of amides is 10. The minimum atomic E-state index is -1.63. The van der Waals surface area contributed by atoms with Gasteiger partial charge in [-0.1, -0.05) is 90.0 Å². The molecule has 10 amide bonds. The van der Waals surface area contributed by atoms with Gasteiger partial charge in [-0.3, -0.25) is 52.7 Å². The van der Waals surface area contributed by atoms with Crippen LogP contribution in [0.2, 0.25) is 0 Å². The van der Waals surface area contributed by atoms with Crippen molar-refractivity contribution < 1.29 is 57.5 Å². The molecule has 4 heterocycles. The van der Waals surface area contributed by atoms with Crippen molar-refractivity contribution in [2.24, 2.45) is 47.3 Å². The number of carbonyl (C=O) groups is 11. The molecule has 3 N–H and O–H groups in total. The molecule has 80 heavy (non-hydrogen) atoms. The average molecular weight is 1130 g/mol. The zero-order valence-corrected chi connectivity index (χ0v) is 51.5. The number of ether oxygens (including phenoxy) is 1. The molecule has 0 radical (unpaired) electrons. The second-order valence-electron chi connectivity index (χ2n) is 25.8. The standard InChI is InChI=1S/C58H98N10O12/c1-30(2)20-40-53(74)64(18)48(34(9)10)58(79)67-28-36(12)24-44(67)55(76)63(17)42(22-32(5)6)50(71)59-26-46(70)80-38(14)49(52(73)61-41(21-31(3)4)54(75)66-27-35(11)23-43(66)51(72)60-40)65(19)56(77)45-25-37(13)29-68(45)57(78)47(33(7)8)62(16)39(15)69/h30-38,40-45,47-49H,20-29H2,1-19H3,(H,59,71)(H,60,72)(H,61,73)/t35-,36-,37-,38-,40?,41+,42-,43+,44+,45+,47+,48+,49?/m1/s1. The van der Waals surface area contributed by atoms with E-state index in [0.717, 1.165) is 4.90 Å². The third-order valence-electron chi connectivity index (χ3n) is 16.4. The lowest BCUT2D eigenvalue weighted by atomic mass is 9.97. The molecule has 4 saturated heterocycles. The first-order valence-corrected chi connectivity index (χ1v) is 29.1. The lowest BCUT2D eigenvalue weighted by Gasteiger charge is -2.38. The lowest BCUT2D eigenvalue weighted by Crippen LogP contribution is -2.62. The molecule has 0 aromatic heterocycles. The van der Waals surface area contributed by atoms with Gasteiger partial charge in [0.05, 0.1) is 0 Å². The van der Waals surface area contributed by atoms with Gasteiger partial charge in [0.15, 0.2) is 0 Å². The van der Waals surface area contributed by atoms with E-state index in [1.807, 2.05) is 62.3 Å². The van der Waals surface area contributed by atoms with Crippen LogP contribution in [0.25, 0.3) is 0 Å². The Morgan fingerprint density at radius 3 is 1.62 bits per heavy atom. The summed E-state index contributed by atoms with van der Waals surface area (Å²) in [5, 5.41) is 8.45. The predicted molar refractivity (Wildman–Crippen MR) is 300 cm³/mol. The second-order valence-corrected chi connectivity index (χ2v) is 25.8. The zero-order chi connectivity index (χ0) is 60.7. The van der Waals surface area contributed by atoms with E-state index in [0.29, 0.717) is 0 Å². The van der Waals surface area contributed by atoms with E-state index in [2.05, 4.69) is 16.0 Å². The number of likely N-dealkylation sites (N-methyl/N-ethyl adjacent to an activating group) is 4. The van der Waals surface area contributed by atoms with Crippen molar-refractivity contribution in [1.29, 1.82) is 0 Å². The smallest absolute Gasteiger partial charge is 0.325 e. The molecule has 0 spiro atoms. The quantitative estimate of drug-likeness (QED) is 0.239. The monoisotopic (exact) mass is 1130 g/mol. The topological polar surface area (TPSA) is 256 Å². The first-order chi connectivity index (χ1) is 37.1. The van der Waals surface area contributed by atoms with Gasteiger partial charge in [0.1, 0.15) is 67.0 Å². The molecule has 4 rings (SSSR count). The molecule has 0 aromatic carbocycles. The summed E-state index contributed by atoms with van der Waals surface area (Å²) in [6, 6.07) is -10.2. The van der Waals surface area contributed by atoms with E-state index in [1.54, 1.807) is 27.7 Å². The van der Waals surface area contributed by atoms with Gasteiger partial charge in [0.25, 0.3) is 0 Å². The number of nitrogens with zero attached hydrogens (tertiary/aromatic N) is 7. The Balaban J connectivity index is 1.88. The third kappa shape index (κ3) is 16.0. The van der Waals surface area contributed by atoms with Crippen LogP contribution in [0.3, 0.4) is 0 Å². The highest BCUT2D eigenvalue weighted by Gasteiger charge is 2.50. The Bertz CT molecular complexity index is 2290. The fourth-order valence-electron chi connectivity index (χ4n) is 12.4. The van der Waals surface area contributed by atoms with E-state index >= 15 is 14.4 Å². The van der Waals surface area contributed by atoms with Crippen LogP contribution in [0.15, 0.2) is 0 Å². The first-order valence-electron chi connectivity index (χ1n) is 29.1. The summed E-state index contributed by atoms with van der Waals surface area (Å²) in [5.41, 5.74) is 0. The van der Waals surface area contributed by atoms with Gasteiger partial charge in [-0.2, -0.15) is 0 Å². The highest BCUT2D eigenvalue weighted by Crippen LogP contribution is 2.32. The Kier molecular flexibility index (Phi) is 23.5.